The van der Waals surface area contributed by atoms with Gasteiger partial charge in [0, 0.05) is 33.3 Å². The average molecular weight is 561 g/mol. The molecule has 39 heavy (non-hydrogen) atoms. The molecule has 0 radical (unpaired) electrons. The van der Waals surface area contributed by atoms with Crippen LogP contribution >= 0.6 is 0 Å². The molecule has 0 unspecified atom stereocenters. The Morgan fingerprint density at radius 2 is 1.97 bits per heavy atom. The lowest BCUT2D eigenvalue weighted by molar-refractivity contribution is 0.0390. The number of rotatable bonds is 12. The van der Waals surface area contributed by atoms with E-state index in [1.165, 1.54) is 27.4 Å². The van der Waals surface area contributed by atoms with E-state index in [-0.39, 0.29) is 23.7 Å². The van der Waals surface area contributed by atoms with Gasteiger partial charge in [-0.3, -0.25) is 9.47 Å². The third-order valence-electron chi connectivity index (χ3n) is 6.47. The number of H-pyrrole nitrogens is 1. The maximum atomic E-state index is 13.2. The summed E-state index contributed by atoms with van der Waals surface area (Å²) < 4.78 is 48.4. The first kappa shape index (κ1) is 27.2. The number of hydrogen-bond acceptors (Lipinski definition) is 10. The van der Waals surface area contributed by atoms with Crippen LogP contribution in [0.5, 0.6) is 5.75 Å². The molecular formula is C24H32N8O6S. The number of aromatic amines is 1. The Kier molecular flexibility index (Phi) is 8.23. The number of hydrogen-bond donors (Lipinski definition) is 2. The highest BCUT2D eigenvalue weighted by atomic mass is 32.2. The number of ether oxygens (including phenoxy) is 3. The topological polar surface area (TPSA) is 158 Å². The summed E-state index contributed by atoms with van der Waals surface area (Å²) in [5.41, 5.74) is 1.23. The van der Waals surface area contributed by atoms with E-state index in [0.29, 0.717) is 66.9 Å². The molecule has 3 aromatic heterocycles. The Morgan fingerprint density at radius 3 is 2.74 bits per heavy atom. The summed E-state index contributed by atoms with van der Waals surface area (Å²) in [6.07, 6.45) is 2.10. The minimum Gasteiger partial charge on any atom is -0.493 e. The zero-order valence-electron chi connectivity index (χ0n) is 21.9. The summed E-state index contributed by atoms with van der Waals surface area (Å²) in [6, 6.07) is 4.66. The van der Waals surface area contributed by atoms with Gasteiger partial charge in [-0.2, -0.15) is 0 Å². The van der Waals surface area contributed by atoms with Crippen molar-refractivity contribution in [2.75, 3.05) is 59.7 Å². The molecule has 1 fully saturated rings. The molecule has 14 nitrogen and oxygen atoms in total. The molecule has 0 atom stereocenters. The minimum atomic E-state index is -3.81. The Labute approximate surface area is 225 Å². The van der Waals surface area contributed by atoms with Crippen molar-refractivity contribution in [3.05, 3.63) is 35.0 Å². The third-order valence-corrected chi connectivity index (χ3v) is 7.93. The summed E-state index contributed by atoms with van der Waals surface area (Å²) >= 11 is 0. The number of benzene rings is 1. The normalized spacial score (nSPS) is 14.9. The van der Waals surface area contributed by atoms with Crippen LogP contribution in [0.25, 0.3) is 28.2 Å². The van der Waals surface area contributed by atoms with Gasteiger partial charge >= 0.3 is 5.69 Å². The fourth-order valence-corrected chi connectivity index (χ4v) is 5.49. The maximum absolute atomic E-state index is 13.2. The van der Waals surface area contributed by atoms with E-state index < -0.39 is 10.0 Å². The zero-order valence-corrected chi connectivity index (χ0v) is 22.7. The molecule has 5 rings (SSSR count). The molecule has 0 bridgehead atoms. The second-order valence-electron chi connectivity index (χ2n) is 9.09. The van der Waals surface area contributed by atoms with Crippen molar-refractivity contribution in [2.45, 2.75) is 24.8 Å². The van der Waals surface area contributed by atoms with Crippen molar-refractivity contribution < 1.29 is 22.6 Å². The molecule has 2 N–H and O–H groups in total. The molecule has 1 aromatic carbocycles. The van der Waals surface area contributed by atoms with Gasteiger partial charge in [0.25, 0.3) is 0 Å². The Balaban J connectivity index is 1.53. The summed E-state index contributed by atoms with van der Waals surface area (Å²) in [6.45, 7) is 6.66. The monoisotopic (exact) mass is 560 g/mol. The van der Waals surface area contributed by atoms with Crippen molar-refractivity contribution in [1.82, 2.24) is 38.8 Å². The Morgan fingerprint density at radius 1 is 1.15 bits per heavy atom. The van der Waals surface area contributed by atoms with E-state index >= 15 is 0 Å². The molecule has 0 amide bonds. The molecule has 0 saturated carbocycles. The molecule has 4 heterocycles. The number of nitrogens with zero attached hydrogens (tertiary/aromatic N) is 6. The first-order chi connectivity index (χ1) is 18.9. The fourth-order valence-electron chi connectivity index (χ4n) is 4.44. The number of nitrogens with one attached hydrogen (secondary N) is 2. The fraction of sp³-hybridized carbons (Fsp3) is 0.500. The summed E-state index contributed by atoms with van der Waals surface area (Å²) in [7, 11) is -2.27. The van der Waals surface area contributed by atoms with Crippen LogP contribution in [0, 0.1) is 0 Å². The van der Waals surface area contributed by atoms with Crippen molar-refractivity contribution in [1.29, 1.82) is 0 Å². The lowest BCUT2D eigenvalue weighted by Gasteiger charge is -2.26. The summed E-state index contributed by atoms with van der Waals surface area (Å²) in [5.74, 6) is 0.801. The SMILES string of the molecule is CCCOc1ccc(S(=O)(=O)NCCN2CCOCC2)cc1-c1nc2c([nH]1)c1nncn1c(=O)n2CCOC. The van der Waals surface area contributed by atoms with Gasteiger partial charge in [-0.1, -0.05) is 6.92 Å². The van der Waals surface area contributed by atoms with Crippen LogP contribution in [-0.2, 0) is 26.0 Å². The largest absolute Gasteiger partial charge is 0.493 e. The van der Waals surface area contributed by atoms with Crippen molar-refractivity contribution in [2.24, 2.45) is 0 Å². The number of fused-ring (bicyclic) bond motifs is 3. The average Bonchev–Trinajstić information content (AvgIpc) is 3.60. The van der Waals surface area contributed by atoms with Crippen LogP contribution in [0.4, 0.5) is 0 Å². The molecule has 1 saturated heterocycles. The minimum absolute atomic E-state index is 0.0770. The van der Waals surface area contributed by atoms with E-state index in [4.69, 9.17) is 19.2 Å². The predicted octanol–water partition coefficient (Wildman–Crippen LogP) is 0.480. The molecule has 1 aliphatic rings. The highest BCUT2D eigenvalue weighted by Crippen LogP contribution is 2.32. The number of aromatic nitrogens is 6. The molecule has 0 aliphatic carbocycles. The van der Waals surface area contributed by atoms with Crippen LogP contribution in [-0.4, -0.2) is 102 Å². The van der Waals surface area contributed by atoms with Crippen molar-refractivity contribution in [3.8, 4) is 17.1 Å². The Hall–Kier alpha value is -3.37. The molecule has 210 valence electrons. The zero-order chi connectivity index (χ0) is 27.4. The van der Waals surface area contributed by atoms with E-state index in [1.807, 2.05) is 6.92 Å². The van der Waals surface area contributed by atoms with Gasteiger partial charge in [-0.25, -0.2) is 27.3 Å². The van der Waals surface area contributed by atoms with Gasteiger partial charge < -0.3 is 19.2 Å². The molecular weight excluding hydrogens is 528 g/mol. The number of morpholine rings is 1. The standard InChI is InChI=1S/C24H32N8O6S/c1-3-11-38-19-5-4-17(39(34,35)26-6-7-30-8-13-37-14-9-30)15-18(19)21-27-20-22(28-21)31(10-12-36-2)24(33)32-16-25-29-23(20)32/h4-5,15-16,26H,3,6-14H2,1-2H3,(H,27,28). The summed E-state index contributed by atoms with van der Waals surface area (Å²) in [4.78, 5) is 23.2. The van der Waals surface area contributed by atoms with Gasteiger partial charge in [0.05, 0.1) is 43.4 Å². The lowest BCUT2D eigenvalue weighted by atomic mass is 10.2. The van der Waals surface area contributed by atoms with E-state index in [2.05, 4.69) is 24.8 Å². The summed E-state index contributed by atoms with van der Waals surface area (Å²) in [5, 5.41) is 7.97. The smallest absolute Gasteiger partial charge is 0.337 e. The highest BCUT2D eigenvalue weighted by molar-refractivity contribution is 7.89. The third kappa shape index (κ3) is 5.67. The van der Waals surface area contributed by atoms with Gasteiger partial charge in [0.1, 0.15) is 23.4 Å². The van der Waals surface area contributed by atoms with Crippen LogP contribution in [0.1, 0.15) is 13.3 Å². The van der Waals surface area contributed by atoms with Crippen LogP contribution in [0.15, 0.2) is 34.2 Å². The van der Waals surface area contributed by atoms with E-state index in [1.54, 1.807) is 13.2 Å². The van der Waals surface area contributed by atoms with Crippen molar-refractivity contribution in [3.63, 3.8) is 0 Å². The first-order valence-electron chi connectivity index (χ1n) is 12.8. The number of imidazole rings is 1. The van der Waals surface area contributed by atoms with E-state index in [0.717, 1.165) is 19.5 Å². The molecule has 0 spiro atoms. The second kappa shape index (κ2) is 11.8. The van der Waals surface area contributed by atoms with Crippen LogP contribution < -0.4 is 15.1 Å². The molecule has 15 heteroatoms. The van der Waals surface area contributed by atoms with Gasteiger partial charge in [0.2, 0.25) is 10.0 Å². The van der Waals surface area contributed by atoms with E-state index in [9.17, 15) is 13.2 Å². The van der Waals surface area contributed by atoms with Crippen LogP contribution in [0.3, 0.4) is 0 Å². The first-order valence-corrected chi connectivity index (χ1v) is 14.3. The molecule has 1 aliphatic heterocycles. The highest BCUT2D eigenvalue weighted by Gasteiger charge is 2.22. The Bertz CT molecular complexity index is 1610. The van der Waals surface area contributed by atoms with Gasteiger partial charge in [-0.05, 0) is 24.6 Å². The number of methoxy groups -OCH3 is 1. The van der Waals surface area contributed by atoms with Gasteiger partial charge in [0.15, 0.2) is 11.3 Å². The lowest BCUT2D eigenvalue weighted by Crippen LogP contribution is -2.41. The number of sulfonamides is 1. The van der Waals surface area contributed by atoms with Crippen molar-refractivity contribution >= 4 is 26.8 Å². The van der Waals surface area contributed by atoms with Crippen LogP contribution in [0.2, 0.25) is 0 Å². The maximum Gasteiger partial charge on any atom is 0.337 e. The quantitative estimate of drug-likeness (QED) is 0.250. The molecule has 4 aromatic rings. The second-order valence-corrected chi connectivity index (χ2v) is 10.9. The van der Waals surface area contributed by atoms with Gasteiger partial charge in [-0.15, -0.1) is 10.2 Å². The predicted molar refractivity (Wildman–Crippen MR) is 142 cm³/mol.